The Bertz CT molecular complexity index is 1270. The normalized spacial score (nSPS) is 14.1. The number of hydrogen-bond acceptors (Lipinski definition) is 4. The Kier molecular flexibility index (Phi) is 6.41. The molecule has 0 unspecified atom stereocenters. The third-order valence-corrected chi connectivity index (χ3v) is 6.75. The largest absolute Gasteiger partial charge is 0.335 e. The molecule has 170 valence electrons. The molecule has 0 bridgehead atoms. The van der Waals surface area contributed by atoms with Crippen LogP contribution in [0.15, 0.2) is 83.8 Å². The summed E-state index contributed by atoms with van der Waals surface area (Å²) >= 11 is 0. The Morgan fingerprint density at radius 2 is 1.27 bits per heavy atom. The number of carbonyl (C=O) groups is 2. The van der Waals surface area contributed by atoms with Gasteiger partial charge in [-0.3, -0.25) is 14.3 Å². The number of sulfonamides is 1. The maximum Gasteiger partial charge on any atom is 0.262 e. The number of hydrogen-bond donors (Lipinski definition) is 1. The number of rotatable bonds is 5. The van der Waals surface area contributed by atoms with Crippen LogP contribution in [0.2, 0.25) is 0 Å². The minimum absolute atomic E-state index is 0.0880. The van der Waals surface area contributed by atoms with Crippen LogP contribution in [-0.4, -0.2) is 56.2 Å². The van der Waals surface area contributed by atoms with Crippen molar-refractivity contribution in [1.29, 1.82) is 0 Å². The highest BCUT2D eigenvalue weighted by atomic mass is 32.2. The Morgan fingerprint density at radius 1 is 0.727 bits per heavy atom. The summed E-state index contributed by atoms with van der Waals surface area (Å²) in [5.41, 5.74) is 0.625. The highest BCUT2D eigenvalue weighted by Crippen LogP contribution is 2.20. The number of piperazine rings is 1. The maximum absolute atomic E-state index is 13.9. The van der Waals surface area contributed by atoms with Gasteiger partial charge in [0.2, 0.25) is 0 Å². The first-order chi connectivity index (χ1) is 15.8. The molecule has 1 N–H and O–H groups in total. The fraction of sp³-hybridized carbons (Fsp3) is 0.167. The quantitative estimate of drug-likeness (QED) is 0.624. The van der Waals surface area contributed by atoms with Gasteiger partial charge < -0.3 is 9.80 Å². The maximum atomic E-state index is 13.9. The molecule has 0 radical (unpaired) electrons. The summed E-state index contributed by atoms with van der Waals surface area (Å²) in [5, 5.41) is 0. The van der Waals surface area contributed by atoms with E-state index in [0.29, 0.717) is 31.7 Å². The summed E-state index contributed by atoms with van der Waals surface area (Å²) in [4.78, 5) is 28.7. The molecule has 1 aliphatic heterocycles. The van der Waals surface area contributed by atoms with Crippen LogP contribution in [0, 0.1) is 5.82 Å². The SMILES string of the molecule is O=C(c1ccccc1)N1CCN(C(=O)c2cccc(S(=O)(=O)Nc3ccccc3F)c2)CC1. The molecule has 9 heteroatoms. The Morgan fingerprint density at radius 3 is 1.91 bits per heavy atom. The van der Waals surface area contributed by atoms with Gasteiger partial charge in [-0.15, -0.1) is 0 Å². The monoisotopic (exact) mass is 467 g/mol. The van der Waals surface area contributed by atoms with Crippen molar-refractivity contribution in [3.63, 3.8) is 0 Å². The first-order valence-electron chi connectivity index (χ1n) is 10.4. The fourth-order valence-electron chi connectivity index (χ4n) is 3.60. The van der Waals surface area contributed by atoms with E-state index in [1.165, 1.54) is 42.5 Å². The van der Waals surface area contributed by atoms with Crippen LogP contribution in [-0.2, 0) is 10.0 Å². The predicted molar refractivity (Wildman–Crippen MR) is 122 cm³/mol. The van der Waals surface area contributed by atoms with Gasteiger partial charge in [-0.05, 0) is 42.5 Å². The number of para-hydroxylation sites is 1. The third-order valence-electron chi connectivity index (χ3n) is 5.38. The molecule has 2 amide bonds. The van der Waals surface area contributed by atoms with Crippen LogP contribution in [0.3, 0.4) is 0 Å². The first-order valence-corrected chi connectivity index (χ1v) is 11.8. The number of carbonyl (C=O) groups excluding carboxylic acids is 2. The van der Waals surface area contributed by atoms with Crippen LogP contribution in [0.4, 0.5) is 10.1 Å². The van der Waals surface area contributed by atoms with Crippen molar-refractivity contribution >= 4 is 27.5 Å². The number of halogens is 1. The molecule has 1 saturated heterocycles. The molecule has 4 rings (SSSR count). The molecule has 0 aromatic heterocycles. The summed E-state index contributed by atoms with van der Waals surface area (Å²) in [7, 11) is -4.09. The van der Waals surface area contributed by atoms with Crippen LogP contribution in [0.25, 0.3) is 0 Å². The van der Waals surface area contributed by atoms with Gasteiger partial charge in [0.25, 0.3) is 21.8 Å². The molecule has 7 nitrogen and oxygen atoms in total. The number of nitrogens with one attached hydrogen (secondary N) is 1. The predicted octanol–water partition coefficient (Wildman–Crippen LogP) is 3.22. The Balaban J connectivity index is 1.44. The first kappa shape index (κ1) is 22.5. The van der Waals surface area contributed by atoms with E-state index in [-0.39, 0.29) is 28.0 Å². The zero-order chi connectivity index (χ0) is 23.4. The van der Waals surface area contributed by atoms with Gasteiger partial charge >= 0.3 is 0 Å². The van der Waals surface area contributed by atoms with E-state index in [1.54, 1.807) is 34.1 Å². The second-order valence-electron chi connectivity index (χ2n) is 7.56. The lowest BCUT2D eigenvalue weighted by atomic mass is 10.1. The number of benzene rings is 3. The van der Waals surface area contributed by atoms with Gasteiger partial charge in [0.1, 0.15) is 5.82 Å². The average molecular weight is 468 g/mol. The smallest absolute Gasteiger partial charge is 0.262 e. The summed E-state index contributed by atoms with van der Waals surface area (Å²) < 4.78 is 41.5. The molecule has 3 aromatic rings. The van der Waals surface area contributed by atoms with Gasteiger partial charge in [0.05, 0.1) is 10.6 Å². The molecule has 0 spiro atoms. The van der Waals surface area contributed by atoms with Gasteiger partial charge in [-0.1, -0.05) is 36.4 Å². The summed E-state index contributed by atoms with van der Waals surface area (Å²) in [6, 6.07) is 20.0. The van der Waals surface area contributed by atoms with Gasteiger partial charge in [-0.2, -0.15) is 0 Å². The standard InChI is InChI=1S/C24H22FN3O4S/c25-21-11-4-5-12-22(21)26-33(31,32)20-10-6-9-19(17-20)24(30)28-15-13-27(14-16-28)23(29)18-7-2-1-3-8-18/h1-12,17,26H,13-16H2. The van der Waals surface area contributed by atoms with E-state index in [1.807, 2.05) is 6.07 Å². The van der Waals surface area contributed by atoms with Crippen molar-refractivity contribution in [2.75, 3.05) is 30.9 Å². The highest BCUT2D eigenvalue weighted by molar-refractivity contribution is 7.92. The van der Waals surface area contributed by atoms with Gasteiger partial charge in [0, 0.05) is 37.3 Å². The van der Waals surface area contributed by atoms with Crippen molar-refractivity contribution in [1.82, 2.24) is 9.80 Å². The Labute approximate surface area is 191 Å². The van der Waals surface area contributed by atoms with Crippen molar-refractivity contribution < 1.29 is 22.4 Å². The van der Waals surface area contributed by atoms with Gasteiger partial charge in [-0.25, -0.2) is 12.8 Å². The minimum Gasteiger partial charge on any atom is -0.335 e. The van der Waals surface area contributed by atoms with Gasteiger partial charge in [0.15, 0.2) is 0 Å². The fourth-order valence-corrected chi connectivity index (χ4v) is 4.72. The minimum atomic E-state index is -4.09. The van der Waals surface area contributed by atoms with E-state index >= 15 is 0 Å². The summed E-state index contributed by atoms with van der Waals surface area (Å²) in [6.07, 6.45) is 0. The second-order valence-corrected chi connectivity index (χ2v) is 9.25. The zero-order valence-corrected chi connectivity index (χ0v) is 18.5. The summed E-state index contributed by atoms with van der Waals surface area (Å²) in [5.74, 6) is -1.11. The number of anilines is 1. The molecule has 0 atom stereocenters. The van der Waals surface area contributed by atoms with Crippen LogP contribution in [0.5, 0.6) is 0 Å². The lowest BCUT2D eigenvalue weighted by Gasteiger charge is -2.35. The number of amides is 2. The average Bonchev–Trinajstić information content (AvgIpc) is 2.85. The molecule has 3 aromatic carbocycles. The van der Waals surface area contributed by atoms with Crippen molar-refractivity contribution in [3.8, 4) is 0 Å². The topological polar surface area (TPSA) is 86.8 Å². The van der Waals surface area contributed by atoms with E-state index < -0.39 is 15.8 Å². The lowest BCUT2D eigenvalue weighted by Crippen LogP contribution is -2.50. The molecule has 1 heterocycles. The van der Waals surface area contributed by atoms with Crippen LogP contribution in [0.1, 0.15) is 20.7 Å². The lowest BCUT2D eigenvalue weighted by molar-refractivity contribution is 0.0535. The van der Waals surface area contributed by atoms with E-state index in [2.05, 4.69) is 4.72 Å². The van der Waals surface area contributed by atoms with Crippen LogP contribution < -0.4 is 4.72 Å². The Hall–Kier alpha value is -3.72. The van der Waals surface area contributed by atoms with E-state index in [9.17, 15) is 22.4 Å². The zero-order valence-electron chi connectivity index (χ0n) is 17.6. The van der Waals surface area contributed by atoms with Crippen molar-refractivity contribution in [3.05, 3.63) is 95.8 Å². The van der Waals surface area contributed by atoms with Crippen molar-refractivity contribution in [2.45, 2.75) is 4.90 Å². The van der Waals surface area contributed by atoms with Crippen LogP contribution >= 0.6 is 0 Å². The van der Waals surface area contributed by atoms with E-state index in [0.717, 1.165) is 6.07 Å². The van der Waals surface area contributed by atoms with E-state index in [4.69, 9.17) is 0 Å². The second kappa shape index (κ2) is 9.41. The molecule has 0 saturated carbocycles. The summed E-state index contributed by atoms with van der Waals surface area (Å²) in [6.45, 7) is 1.43. The molecule has 1 fully saturated rings. The van der Waals surface area contributed by atoms with Crippen molar-refractivity contribution in [2.24, 2.45) is 0 Å². The molecular weight excluding hydrogens is 445 g/mol. The highest BCUT2D eigenvalue weighted by Gasteiger charge is 2.26. The third kappa shape index (κ3) is 5.04. The number of nitrogens with zero attached hydrogens (tertiary/aromatic N) is 2. The molecule has 0 aliphatic carbocycles. The molecular formula is C24H22FN3O4S. The molecule has 33 heavy (non-hydrogen) atoms. The molecule has 1 aliphatic rings.